The van der Waals surface area contributed by atoms with Crippen LogP contribution in [0.15, 0.2) is 45.5 Å². The van der Waals surface area contributed by atoms with E-state index in [-0.39, 0.29) is 0 Å². The second kappa shape index (κ2) is 5.32. The van der Waals surface area contributed by atoms with Crippen molar-refractivity contribution in [1.82, 2.24) is 5.32 Å². The zero-order valence-corrected chi connectivity index (χ0v) is 15.5. The fraction of sp³-hybridized carbons (Fsp3) is 0.571. The second-order valence-corrected chi connectivity index (χ2v) is 9.51. The van der Waals surface area contributed by atoms with Gasteiger partial charge in [0.15, 0.2) is 0 Å². The topological polar surface area (TPSA) is 24.4 Å². The van der Waals surface area contributed by atoms with Crippen molar-refractivity contribution in [2.45, 2.75) is 57.9 Å². The maximum absolute atomic E-state index is 4.96. The summed E-state index contributed by atoms with van der Waals surface area (Å²) in [6, 6.07) is 4.29. The van der Waals surface area contributed by atoms with E-state index in [9.17, 15) is 0 Å². The molecule has 0 unspecified atom stereocenters. The zero-order valence-electron chi connectivity index (χ0n) is 14.6. The molecule has 24 heavy (non-hydrogen) atoms. The summed E-state index contributed by atoms with van der Waals surface area (Å²) in [6.07, 6.45) is 10.9. The standard InChI is InChI=1S/C21H26N2S/c1-13-14(2)20(19-4-3-5-24-19)23-18(13)12-22-21-9-15-6-16(10-21)8-17(7-15)11-21/h3-5,12,15-17,22H,6-11H2,1-2H3/b18-12+. The van der Waals surface area contributed by atoms with Crippen LogP contribution in [0.25, 0.3) is 0 Å². The first-order valence-electron chi connectivity index (χ1n) is 9.40. The Morgan fingerprint density at radius 3 is 2.33 bits per heavy atom. The lowest BCUT2D eigenvalue weighted by Gasteiger charge is -2.57. The van der Waals surface area contributed by atoms with Crippen LogP contribution in [0.2, 0.25) is 0 Å². The minimum Gasteiger partial charge on any atom is -0.384 e. The lowest BCUT2D eigenvalue weighted by Crippen LogP contribution is -2.57. The molecule has 1 N–H and O–H groups in total. The third-order valence-electron chi connectivity index (χ3n) is 6.84. The Kier molecular flexibility index (Phi) is 3.31. The number of nitrogens with one attached hydrogen (secondary N) is 1. The molecule has 2 heterocycles. The van der Waals surface area contributed by atoms with Crippen molar-refractivity contribution >= 4 is 17.0 Å². The van der Waals surface area contributed by atoms with E-state index in [0.717, 1.165) is 23.5 Å². The fourth-order valence-corrected chi connectivity index (χ4v) is 6.73. The Labute approximate surface area is 148 Å². The molecule has 3 heteroatoms. The van der Waals surface area contributed by atoms with E-state index in [1.807, 2.05) is 0 Å². The van der Waals surface area contributed by atoms with Crippen molar-refractivity contribution in [3.8, 4) is 0 Å². The monoisotopic (exact) mass is 338 g/mol. The molecule has 4 fully saturated rings. The highest BCUT2D eigenvalue weighted by Gasteiger charge is 2.50. The third kappa shape index (κ3) is 2.32. The zero-order chi connectivity index (χ0) is 16.3. The molecule has 1 aliphatic heterocycles. The summed E-state index contributed by atoms with van der Waals surface area (Å²) >= 11 is 1.78. The lowest BCUT2D eigenvalue weighted by atomic mass is 9.53. The van der Waals surface area contributed by atoms with Gasteiger partial charge in [-0.15, -0.1) is 11.3 Å². The summed E-state index contributed by atoms with van der Waals surface area (Å²) < 4.78 is 0. The quantitative estimate of drug-likeness (QED) is 0.796. The van der Waals surface area contributed by atoms with Crippen LogP contribution < -0.4 is 5.32 Å². The summed E-state index contributed by atoms with van der Waals surface area (Å²) in [5.74, 6) is 2.94. The second-order valence-electron chi connectivity index (χ2n) is 8.56. The van der Waals surface area contributed by atoms with Gasteiger partial charge in [0.2, 0.25) is 0 Å². The van der Waals surface area contributed by atoms with Gasteiger partial charge < -0.3 is 5.32 Å². The smallest absolute Gasteiger partial charge is 0.0842 e. The summed E-state index contributed by atoms with van der Waals surface area (Å²) in [5, 5.41) is 6.02. The van der Waals surface area contributed by atoms with Gasteiger partial charge in [-0.3, -0.25) is 0 Å². The molecule has 6 rings (SSSR count). The first kappa shape index (κ1) is 14.9. The van der Waals surface area contributed by atoms with Gasteiger partial charge in [0.05, 0.1) is 16.3 Å². The third-order valence-corrected chi connectivity index (χ3v) is 7.72. The summed E-state index contributed by atoms with van der Waals surface area (Å²) in [4.78, 5) is 6.24. The molecule has 1 aromatic rings. The van der Waals surface area contributed by atoms with Crippen molar-refractivity contribution in [2.24, 2.45) is 22.7 Å². The Balaban J connectivity index is 1.41. The van der Waals surface area contributed by atoms with Crippen LogP contribution in [0.5, 0.6) is 0 Å². The Morgan fingerprint density at radius 1 is 1.08 bits per heavy atom. The average Bonchev–Trinajstić information content (AvgIpc) is 3.15. The van der Waals surface area contributed by atoms with E-state index in [1.54, 1.807) is 11.3 Å². The van der Waals surface area contributed by atoms with Gasteiger partial charge in [0.1, 0.15) is 0 Å². The van der Waals surface area contributed by atoms with Crippen LogP contribution in [0.4, 0.5) is 0 Å². The molecule has 0 amide bonds. The molecule has 0 atom stereocenters. The molecule has 0 radical (unpaired) electrons. The molecule has 0 spiro atoms. The van der Waals surface area contributed by atoms with Crippen molar-refractivity contribution in [2.75, 3.05) is 0 Å². The minimum absolute atomic E-state index is 0.372. The highest BCUT2D eigenvalue weighted by Crippen LogP contribution is 2.55. The summed E-state index contributed by atoms with van der Waals surface area (Å²) in [6.45, 7) is 4.42. The van der Waals surface area contributed by atoms with Crippen LogP contribution in [0.1, 0.15) is 57.2 Å². The number of nitrogens with zero attached hydrogens (tertiary/aromatic N) is 1. The van der Waals surface area contributed by atoms with E-state index < -0.39 is 0 Å². The van der Waals surface area contributed by atoms with Crippen molar-refractivity contribution < 1.29 is 0 Å². The van der Waals surface area contributed by atoms with Gasteiger partial charge in [-0.05, 0) is 92.7 Å². The number of allylic oxidation sites excluding steroid dienone is 2. The molecule has 4 bridgehead atoms. The SMILES string of the molecule is CC1=C(C)/C(=C\NC23CC4CC(CC(C4)C2)C3)N=C1c1cccs1. The van der Waals surface area contributed by atoms with Crippen LogP contribution >= 0.6 is 11.3 Å². The minimum atomic E-state index is 0.372. The maximum Gasteiger partial charge on any atom is 0.0842 e. The van der Waals surface area contributed by atoms with Gasteiger partial charge in [0, 0.05) is 11.7 Å². The summed E-state index contributed by atoms with van der Waals surface area (Å²) in [7, 11) is 0. The molecule has 4 saturated carbocycles. The molecule has 5 aliphatic rings. The first-order valence-corrected chi connectivity index (χ1v) is 10.3. The Hall–Kier alpha value is -1.35. The van der Waals surface area contributed by atoms with E-state index in [0.29, 0.717) is 5.54 Å². The molecule has 0 aromatic carbocycles. The van der Waals surface area contributed by atoms with Crippen LogP contribution in [-0.4, -0.2) is 11.3 Å². The number of aliphatic imine (C=N–C) groups is 1. The molecule has 126 valence electrons. The lowest BCUT2D eigenvalue weighted by molar-refractivity contribution is -0.0130. The molecular weight excluding hydrogens is 312 g/mol. The van der Waals surface area contributed by atoms with Gasteiger partial charge >= 0.3 is 0 Å². The van der Waals surface area contributed by atoms with Crippen LogP contribution in [-0.2, 0) is 0 Å². The van der Waals surface area contributed by atoms with Gasteiger partial charge in [-0.1, -0.05) is 6.07 Å². The maximum atomic E-state index is 4.96. The highest BCUT2D eigenvalue weighted by molar-refractivity contribution is 7.12. The Bertz CT molecular complexity index is 716. The van der Waals surface area contributed by atoms with Gasteiger partial charge in [0.25, 0.3) is 0 Å². The fourth-order valence-electron chi connectivity index (χ4n) is 5.96. The molecular formula is C21H26N2S. The molecule has 4 aliphatic carbocycles. The number of thiophene rings is 1. The number of rotatable bonds is 3. The van der Waals surface area contributed by atoms with Crippen LogP contribution in [0, 0.1) is 17.8 Å². The molecule has 0 saturated heterocycles. The van der Waals surface area contributed by atoms with Crippen molar-refractivity contribution in [1.29, 1.82) is 0 Å². The van der Waals surface area contributed by atoms with Crippen molar-refractivity contribution in [3.05, 3.63) is 45.4 Å². The highest BCUT2D eigenvalue weighted by atomic mass is 32.1. The number of hydrogen-bond acceptors (Lipinski definition) is 3. The number of hydrogen-bond donors (Lipinski definition) is 1. The van der Waals surface area contributed by atoms with E-state index in [2.05, 4.69) is 42.9 Å². The molecule has 1 aromatic heterocycles. The molecule has 2 nitrogen and oxygen atoms in total. The van der Waals surface area contributed by atoms with Gasteiger partial charge in [-0.2, -0.15) is 0 Å². The normalized spacial score (nSPS) is 39.0. The van der Waals surface area contributed by atoms with Crippen molar-refractivity contribution in [3.63, 3.8) is 0 Å². The first-order chi connectivity index (χ1) is 11.6. The van der Waals surface area contributed by atoms with Crippen LogP contribution in [0.3, 0.4) is 0 Å². The predicted molar refractivity (Wildman–Crippen MR) is 101 cm³/mol. The van der Waals surface area contributed by atoms with E-state index in [4.69, 9.17) is 4.99 Å². The predicted octanol–water partition coefficient (Wildman–Crippen LogP) is 5.29. The Morgan fingerprint density at radius 2 is 1.75 bits per heavy atom. The van der Waals surface area contributed by atoms with Gasteiger partial charge in [-0.25, -0.2) is 4.99 Å². The average molecular weight is 339 g/mol. The van der Waals surface area contributed by atoms with E-state index >= 15 is 0 Å². The largest absolute Gasteiger partial charge is 0.384 e. The van der Waals surface area contributed by atoms with E-state index in [1.165, 1.54) is 60.3 Å². The summed E-state index contributed by atoms with van der Waals surface area (Å²) in [5.41, 5.74) is 5.34.